The van der Waals surface area contributed by atoms with Crippen LogP contribution < -0.4 is 9.64 Å². The number of anilines is 1. The Morgan fingerprint density at radius 1 is 1.31 bits per heavy atom. The molecule has 7 heteroatoms. The van der Waals surface area contributed by atoms with Gasteiger partial charge in [-0.2, -0.15) is 4.98 Å². The van der Waals surface area contributed by atoms with Crippen molar-refractivity contribution >= 4 is 22.6 Å². The van der Waals surface area contributed by atoms with Crippen molar-refractivity contribution in [2.45, 2.75) is 12.5 Å². The second-order valence-corrected chi connectivity index (χ2v) is 6.64. The van der Waals surface area contributed by atoms with E-state index in [2.05, 4.69) is 15.0 Å². The van der Waals surface area contributed by atoms with Crippen LogP contribution in [0.25, 0.3) is 10.9 Å². The summed E-state index contributed by atoms with van der Waals surface area (Å²) in [5, 5.41) is 0.950. The first-order valence-electron chi connectivity index (χ1n) is 8.63. The van der Waals surface area contributed by atoms with Crippen molar-refractivity contribution in [3.05, 3.63) is 48.4 Å². The Labute approximate surface area is 151 Å². The molecule has 1 aromatic carbocycles. The second-order valence-electron chi connectivity index (χ2n) is 6.64. The topological polar surface area (TPSA) is 74.3 Å². The molecule has 1 unspecified atom stereocenters. The molecule has 26 heavy (non-hydrogen) atoms. The van der Waals surface area contributed by atoms with Crippen LogP contribution in [0, 0.1) is 0 Å². The van der Waals surface area contributed by atoms with Crippen molar-refractivity contribution < 1.29 is 9.53 Å². The lowest BCUT2D eigenvalue weighted by atomic mass is 10.1. The third kappa shape index (κ3) is 3.08. The number of aromatic amines is 1. The number of ether oxygens (including phenoxy) is 1. The number of amides is 1. The number of nitrogens with one attached hydrogen (secondary N) is 1. The van der Waals surface area contributed by atoms with Crippen molar-refractivity contribution in [3.8, 4) is 5.88 Å². The lowest BCUT2D eigenvalue weighted by Crippen LogP contribution is -2.31. The molecule has 1 fully saturated rings. The minimum atomic E-state index is -0.0733. The van der Waals surface area contributed by atoms with Crippen LogP contribution in [-0.2, 0) is 0 Å². The van der Waals surface area contributed by atoms with E-state index >= 15 is 0 Å². The first kappa shape index (κ1) is 16.4. The molecule has 1 atom stereocenters. The minimum absolute atomic E-state index is 0.0293. The number of carbonyl (C=O) groups excluding carboxylic acids is 1. The number of rotatable bonds is 4. The summed E-state index contributed by atoms with van der Waals surface area (Å²) in [5.74, 6) is 1.26. The Kier molecular flexibility index (Phi) is 4.20. The Hall–Kier alpha value is -3.09. The van der Waals surface area contributed by atoms with Gasteiger partial charge in [0.1, 0.15) is 6.10 Å². The predicted octanol–water partition coefficient (Wildman–Crippen LogP) is 2.32. The van der Waals surface area contributed by atoms with E-state index < -0.39 is 0 Å². The van der Waals surface area contributed by atoms with Crippen LogP contribution in [-0.4, -0.2) is 59.0 Å². The summed E-state index contributed by atoms with van der Waals surface area (Å²) >= 11 is 0. The van der Waals surface area contributed by atoms with Gasteiger partial charge in [0.15, 0.2) is 5.82 Å². The lowest BCUT2D eigenvalue weighted by molar-refractivity contribution is 0.0773. The van der Waals surface area contributed by atoms with E-state index in [4.69, 9.17) is 4.74 Å². The third-order valence-electron chi connectivity index (χ3n) is 4.60. The molecule has 0 radical (unpaired) electrons. The molecule has 1 saturated heterocycles. The zero-order valence-corrected chi connectivity index (χ0v) is 14.8. The molecule has 0 aliphatic carbocycles. The van der Waals surface area contributed by atoms with Crippen molar-refractivity contribution in [2.24, 2.45) is 0 Å². The van der Waals surface area contributed by atoms with E-state index in [1.165, 1.54) is 0 Å². The highest BCUT2D eigenvalue weighted by Crippen LogP contribution is 2.23. The van der Waals surface area contributed by atoms with Crippen molar-refractivity contribution in [2.75, 3.05) is 32.1 Å². The van der Waals surface area contributed by atoms with Gasteiger partial charge in [-0.3, -0.25) is 9.78 Å². The van der Waals surface area contributed by atoms with E-state index in [1.807, 2.05) is 48.2 Å². The average Bonchev–Trinajstić information content (AvgIpc) is 3.28. The van der Waals surface area contributed by atoms with E-state index in [1.54, 1.807) is 18.6 Å². The molecular weight excluding hydrogens is 330 g/mol. The number of benzene rings is 1. The summed E-state index contributed by atoms with van der Waals surface area (Å²) in [7, 11) is 3.82. The van der Waals surface area contributed by atoms with Crippen molar-refractivity contribution in [1.82, 2.24) is 19.9 Å². The van der Waals surface area contributed by atoms with Crippen LogP contribution in [0.3, 0.4) is 0 Å². The Bertz CT molecular complexity index is 936. The molecule has 0 saturated carbocycles. The summed E-state index contributed by atoms with van der Waals surface area (Å²) in [6.07, 6.45) is 5.79. The fraction of sp³-hybridized carbons (Fsp3) is 0.316. The maximum atomic E-state index is 12.9. The van der Waals surface area contributed by atoms with E-state index in [0.29, 0.717) is 24.5 Å². The van der Waals surface area contributed by atoms with Gasteiger partial charge in [0.25, 0.3) is 5.91 Å². The highest BCUT2D eigenvalue weighted by molar-refractivity contribution is 6.06. The molecule has 0 bridgehead atoms. The van der Waals surface area contributed by atoms with Crippen molar-refractivity contribution in [3.63, 3.8) is 0 Å². The van der Waals surface area contributed by atoms with Gasteiger partial charge in [0.2, 0.25) is 5.88 Å². The maximum Gasteiger partial charge on any atom is 0.256 e. The minimum Gasteiger partial charge on any atom is -0.471 e. The number of hydrogen-bond acceptors (Lipinski definition) is 5. The molecular formula is C19H21N5O2. The monoisotopic (exact) mass is 351 g/mol. The molecule has 0 spiro atoms. The van der Waals surface area contributed by atoms with Gasteiger partial charge in [0, 0.05) is 44.2 Å². The molecule has 1 aliphatic heterocycles. The molecule has 134 valence electrons. The number of hydrogen-bond donors (Lipinski definition) is 1. The Morgan fingerprint density at radius 3 is 3.00 bits per heavy atom. The molecule has 3 aromatic rings. The molecule has 1 aliphatic rings. The summed E-state index contributed by atoms with van der Waals surface area (Å²) in [5.41, 5.74) is 1.68. The fourth-order valence-electron chi connectivity index (χ4n) is 3.21. The number of carbonyl (C=O) groups is 1. The zero-order chi connectivity index (χ0) is 18.1. The average molecular weight is 351 g/mol. The lowest BCUT2D eigenvalue weighted by Gasteiger charge is -2.17. The molecule has 2 aromatic heterocycles. The summed E-state index contributed by atoms with van der Waals surface area (Å²) in [6.45, 7) is 1.22. The van der Waals surface area contributed by atoms with Gasteiger partial charge in [-0.1, -0.05) is 18.2 Å². The summed E-state index contributed by atoms with van der Waals surface area (Å²) in [4.78, 5) is 28.3. The quantitative estimate of drug-likeness (QED) is 0.781. The van der Waals surface area contributed by atoms with E-state index in [0.717, 1.165) is 23.1 Å². The molecule has 4 rings (SSSR count). The number of nitrogens with zero attached hydrogens (tertiary/aromatic N) is 4. The Balaban J connectivity index is 1.45. The van der Waals surface area contributed by atoms with Gasteiger partial charge in [-0.25, -0.2) is 0 Å². The Morgan fingerprint density at radius 2 is 2.15 bits per heavy atom. The largest absolute Gasteiger partial charge is 0.471 e. The van der Waals surface area contributed by atoms with Gasteiger partial charge < -0.3 is 19.5 Å². The van der Waals surface area contributed by atoms with Gasteiger partial charge in [-0.05, 0) is 6.07 Å². The van der Waals surface area contributed by atoms with Crippen LogP contribution >= 0.6 is 0 Å². The number of likely N-dealkylation sites (tertiary alicyclic amines) is 1. The highest BCUT2D eigenvalue weighted by atomic mass is 16.5. The van der Waals surface area contributed by atoms with Crippen LogP contribution in [0.15, 0.2) is 42.9 Å². The molecule has 1 N–H and O–H groups in total. The highest BCUT2D eigenvalue weighted by Gasteiger charge is 2.29. The SMILES string of the molecule is CN(C)c1cncc(OC2CCN(C(=O)c3c[nH]c4ccccc34)C2)n1. The van der Waals surface area contributed by atoms with Crippen LogP contribution in [0.4, 0.5) is 5.82 Å². The molecule has 7 nitrogen and oxygen atoms in total. The maximum absolute atomic E-state index is 12.9. The van der Waals surface area contributed by atoms with Gasteiger partial charge >= 0.3 is 0 Å². The summed E-state index contributed by atoms with van der Waals surface area (Å²) in [6, 6.07) is 7.83. The number of para-hydroxylation sites is 1. The van der Waals surface area contributed by atoms with Crippen LogP contribution in [0.2, 0.25) is 0 Å². The third-order valence-corrected chi connectivity index (χ3v) is 4.60. The predicted molar refractivity (Wildman–Crippen MR) is 99.6 cm³/mol. The molecule has 1 amide bonds. The number of H-pyrrole nitrogens is 1. The zero-order valence-electron chi connectivity index (χ0n) is 14.8. The first-order valence-corrected chi connectivity index (χ1v) is 8.63. The summed E-state index contributed by atoms with van der Waals surface area (Å²) < 4.78 is 5.95. The van der Waals surface area contributed by atoms with Crippen molar-refractivity contribution in [1.29, 1.82) is 0 Å². The van der Waals surface area contributed by atoms with E-state index in [-0.39, 0.29) is 12.0 Å². The fourth-order valence-corrected chi connectivity index (χ4v) is 3.21. The second kappa shape index (κ2) is 6.67. The standard InChI is InChI=1S/C19H21N5O2/c1-23(2)17-10-20-11-18(22-17)26-13-7-8-24(12-13)19(25)15-9-21-16-6-4-3-5-14(15)16/h3-6,9-11,13,21H,7-8,12H2,1-2H3. The number of aromatic nitrogens is 3. The molecule has 3 heterocycles. The van der Waals surface area contributed by atoms with Gasteiger partial charge in [-0.15, -0.1) is 0 Å². The normalized spacial score (nSPS) is 16.8. The van der Waals surface area contributed by atoms with Gasteiger partial charge in [0.05, 0.1) is 24.5 Å². The van der Waals surface area contributed by atoms with Crippen LogP contribution in [0.1, 0.15) is 16.8 Å². The first-order chi connectivity index (χ1) is 12.6. The number of fused-ring (bicyclic) bond motifs is 1. The van der Waals surface area contributed by atoms with Crippen LogP contribution in [0.5, 0.6) is 5.88 Å². The smallest absolute Gasteiger partial charge is 0.256 e. The van der Waals surface area contributed by atoms with E-state index in [9.17, 15) is 4.79 Å².